The monoisotopic (exact) mass is 534 g/mol. The molecule has 206 valence electrons. The zero-order valence-corrected chi connectivity index (χ0v) is 22.9. The Morgan fingerprint density at radius 3 is 2.23 bits per heavy atom. The van der Waals surface area contributed by atoms with Gasteiger partial charge in [0.05, 0.1) is 28.4 Å². The second-order valence-electron chi connectivity index (χ2n) is 9.06. The Kier molecular flexibility index (Phi) is 8.81. The molecule has 1 aliphatic heterocycles. The summed E-state index contributed by atoms with van der Waals surface area (Å²) in [5, 5.41) is 2.93. The van der Waals surface area contributed by atoms with Crippen LogP contribution in [0.3, 0.4) is 0 Å². The minimum Gasteiger partial charge on any atom is -0.493 e. The number of methoxy groups -OCH3 is 4. The van der Waals surface area contributed by atoms with Crippen molar-refractivity contribution in [2.24, 2.45) is 0 Å². The van der Waals surface area contributed by atoms with Crippen molar-refractivity contribution in [3.05, 3.63) is 71.3 Å². The lowest BCUT2D eigenvalue weighted by Crippen LogP contribution is -2.40. The van der Waals surface area contributed by atoms with Gasteiger partial charge in [-0.3, -0.25) is 9.59 Å². The molecule has 3 aromatic rings. The normalized spacial score (nSPS) is 14.5. The molecule has 3 aromatic carbocycles. The molecule has 0 fully saturated rings. The summed E-state index contributed by atoms with van der Waals surface area (Å²) in [7, 11) is 6.26. The maximum Gasteiger partial charge on any atom is 0.263 e. The third kappa shape index (κ3) is 6.19. The number of anilines is 1. The molecule has 0 bridgehead atoms. The second-order valence-corrected chi connectivity index (χ2v) is 9.06. The van der Waals surface area contributed by atoms with E-state index < -0.39 is 6.10 Å². The number of fused-ring (bicyclic) bond motifs is 1. The number of nitrogens with one attached hydrogen (secondary N) is 1. The summed E-state index contributed by atoms with van der Waals surface area (Å²) in [6.07, 6.45) is 0.597. The van der Waals surface area contributed by atoms with Gasteiger partial charge in [0.1, 0.15) is 5.75 Å². The Hall–Kier alpha value is -4.40. The minimum atomic E-state index is -0.580. The predicted octanol–water partition coefficient (Wildman–Crippen LogP) is 4.72. The lowest BCUT2D eigenvalue weighted by molar-refractivity contribution is -0.138. The number of carbonyl (C=O) groups is 2. The molecular formula is C30H34N2O7. The summed E-state index contributed by atoms with van der Waals surface area (Å²) in [6.45, 7) is 2.78. The Balaban J connectivity index is 1.53. The molecular weight excluding hydrogens is 500 g/mol. The van der Waals surface area contributed by atoms with Crippen molar-refractivity contribution < 1.29 is 33.3 Å². The van der Waals surface area contributed by atoms with E-state index in [1.807, 2.05) is 31.2 Å². The molecule has 0 spiro atoms. The van der Waals surface area contributed by atoms with E-state index in [2.05, 4.69) is 5.32 Å². The van der Waals surface area contributed by atoms with Gasteiger partial charge in [-0.05, 0) is 66.9 Å². The average Bonchev–Trinajstić information content (AvgIpc) is 3.10. The first-order valence-electron chi connectivity index (χ1n) is 12.7. The highest BCUT2D eigenvalue weighted by Crippen LogP contribution is 2.32. The van der Waals surface area contributed by atoms with Gasteiger partial charge in [-0.1, -0.05) is 13.0 Å². The molecule has 2 amide bonds. The summed E-state index contributed by atoms with van der Waals surface area (Å²) < 4.78 is 27.4. The molecule has 1 atom stereocenters. The number of nitrogens with zero attached hydrogens (tertiary/aromatic N) is 1. The Labute approximate surface area is 228 Å². The van der Waals surface area contributed by atoms with E-state index in [1.165, 1.54) is 7.11 Å². The number of amides is 2. The number of hydrogen-bond acceptors (Lipinski definition) is 7. The van der Waals surface area contributed by atoms with Crippen molar-refractivity contribution in [3.63, 3.8) is 0 Å². The van der Waals surface area contributed by atoms with Crippen LogP contribution in [0.25, 0.3) is 0 Å². The average molecular weight is 535 g/mol. The van der Waals surface area contributed by atoms with Gasteiger partial charge in [0.15, 0.2) is 29.1 Å². The molecule has 9 heteroatoms. The van der Waals surface area contributed by atoms with Crippen molar-refractivity contribution in [1.82, 2.24) is 4.90 Å². The largest absolute Gasteiger partial charge is 0.493 e. The van der Waals surface area contributed by atoms with Crippen molar-refractivity contribution in [3.8, 4) is 28.7 Å². The topological polar surface area (TPSA) is 95.6 Å². The van der Waals surface area contributed by atoms with Gasteiger partial charge in [-0.15, -0.1) is 0 Å². The van der Waals surface area contributed by atoms with E-state index in [-0.39, 0.29) is 11.8 Å². The molecule has 0 saturated heterocycles. The van der Waals surface area contributed by atoms with E-state index in [9.17, 15) is 9.59 Å². The van der Waals surface area contributed by atoms with Crippen LogP contribution in [0, 0.1) is 0 Å². The van der Waals surface area contributed by atoms with Crippen LogP contribution in [0.2, 0.25) is 0 Å². The smallest absolute Gasteiger partial charge is 0.263 e. The Morgan fingerprint density at radius 1 is 0.897 bits per heavy atom. The highest BCUT2D eigenvalue weighted by Gasteiger charge is 2.30. The number of ether oxygens (including phenoxy) is 5. The third-order valence-corrected chi connectivity index (χ3v) is 6.67. The number of benzene rings is 3. The van der Waals surface area contributed by atoms with Gasteiger partial charge >= 0.3 is 0 Å². The Morgan fingerprint density at radius 2 is 1.56 bits per heavy atom. The van der Waals surface area contributed by atoms with Crippen LogP contribution < -0.4 is 29.0 Å². The number of rotatable bonds is 10. The van der Waals surface area contributed by atoms with Crippen LogP contribution in [0.5, 0.6) is 28.7 Å². The number of hydrogen-bond donors (Lipinski definition) is 1. The first-order chi connectivity index (χ1) is 18.9. The predicted molar refractivity (Wildman–Crippen MR) is 147 cm³/mol. The summed E-state index contributed by atoms with van der Waals surface area (Å²) in [6, 6.07) is 16.1. The first kappa shape index (κ1) is 27.6. The first-order valence-corrected chi connectivity index (χ1v) is 12.7. The van der Waals surface area contributed by atoms with Gasteiger partial charge in [0.25, 0.3) is 11.8 Å². The van der Waals surface area contributed by atoms with Crippen molar-refractivity contribution in [2.75, 3.05) is 40.3 Å². The summed E-state index contributed by atoms with van der Waals surface area (Å²) in [5.74, 6) is 2.58. The van der Waals surface area contributed by atoms with Gasteiger partial charge in [0.2, 0.25) is 0 Å². The van der Waals surface area contributed by atoms with Gasteiger partial charge in [0, 0.05) is 29.9 Å². The van der Waals surface area contributed by atoms with Crippen molar-refractivity contribution in [1.29, 1.82) is 0 Å². The fraction of sp³-hybridized carbons (Fsp3) is 0.333. The van der Waals surface area contributed by atoms with Gasteiger partial charge in [-0.2, -0.15) is 0 Å². The van der Waals surface area contributed by atoms with Crippen LogP contribution in [0.15, 0.2) is 54.6 Å². The third-order valence-electron chi connectivity index (χ3n) is 6.67. The lowest BCUT2D eigenvalue weighted by atomic mass is 10.1. The molecule has 0 radical (unpaired) electrons. The fourth-order valence-electron chi connectivity index (χ4n) is 4.51. The highest BCUT2D eigenvalue weighted by atomic mass is 16.5. The van der Waals surface area contributed by atoms with Gasteiger partial charge in [-0.25, -0.2) is 0 Å². The maximum atomic E-state index is 13.3. The molecule has 1 heterocycles. The van der Waals surface area contributed by atoms with E-state index in [1.54, 1.807) is 56.6 Å². The molecule has 4 rings (SSSR count). The van der Waals surface area contributed by atoms with E-state index in [0.717, 1.165) is 11.1 Å². The minimum absolute atomic E-state index is 0.0647. The Bertz CT molecular complexity index is 1340. The van der Waals surface area contributed by atoms with E-state index in [0.29, 0.717) is 65.9 Å². The van der Waals surface area contributed by atoms with Crippen LogP contribution in [-0.4, -0.2) is 57.8 Å². The van der Waals surface area contributed by atoms with Crippen molar-refractivity contribution >= 4 is 17.5 Å². The van der Waals surface area contributed by atoms with E-state index in [4.69, 9.17) is 23.7 Å². The molecule has 1 N–H and O–H groups in total. The van der Waals surface area contributed by atoms with Crippen LogP contribution in [0.1, 0.15) is 34.8 Å². The molecule has 0 aliphatic carbocycles. The summed E-state index contributed by atoms with van der Waals surface area (Å²) in [4.78, 5) is 28.1. The van der Waals surface area contributed by atoms with Crippen molar-refractivity contribution in [2.45, 2.75) is 32.4 Å². The molecule has 1 aliphatic rings. The van der Waals surface area contributed by atoms with Crippen LogP contribution in [-0.2, 0) is 17.8 Å². The maximum absolute atomic E-state index is 13.3. The fourth-order valence-corrected chi connectivity index (χ4v) is 4.51. The quantitative estimate of drug-likeness (QED) is 0.402. The SMILES string of the molecule is CC[C@@H]1Oc2ccc(NC(=O)c3ccc(OC)c(OC)c3)cc2CN(CCc2ccc(OC)c(OC)c2)C1=O. The standard InChI is InChI=1S/C30H34N2O7/c1-6-23-30(34)32(14-13-19-7-10-25(35-2)27(15-19)37-4)18-21-16-22(9-12-24(21)39-23)31-29(33)20-8-11-26(36-3)28(17-20)38-5/h7-12,15-17,23H,6,13-14,18H2,1-5H3,(H,31,33)/t23-/m0/s1. The summed E-state index contributed by atoms with van der Waals surface area (Å²) >= 11 is 0. The van der Waals surface area contributed by atoms with Gasteiger partial charge < -0.3 is 33.9 Å². The summed E-state index contributed by atoms with van der Waals surface area (Å²) in [5.41, 5.74) is 2.86. The molecule has 39 heavy (non-hydrogen) atoms. The molecule has 9 nitrogen and oxygen atoms in total. The van der Waals surface area contributed by atoms with Crippen LogP contribution >= 0.6 is 0 Å². The zero-order valence-electron chi connectivity index (χ0n) is 22.9. The molecule has 0 aromatic heterocycles. The molecule has 0 unspecified atom stereocenters. The highest BCUT2D eigenvalue weighted by molar-refractivity contribution is 6.04. The van der Waals surface area contributed by atoms with E-state index >= 15 is 0 Å². The molecule has 0 saturated carbocycles. The lowest BCUT2D eigenvalue weighted by Gasteiger charge is -2.23. The zero-order chi connectivity index (χ0) is 27.9. The number of carbonyl (C=O) groups excluding carboxylic acids is 2. The van der Waals surface area contributed by atoms with Crippen LogP contribution in [0.4, 0.5) is 5.69 Å². The second kappa shape index (κ2) is 12.4.